The Morgan fingerprint density at radius 2 is 1.90 bits per heavy atom. The molecule has 0 saturated heterocycles. The van der Waals surface area contributed by atoms with Crippen LogP contribution in [0.5, 0.6) is 5.75 Å². The van der Waals surface area contributed by atoms with Gasteiger partial charge >= 0.3 is 5.69 Å². The lowest BCUT2D eigenvalue weighted by atomic mass is 9.96. The predicted molar refractivity (Wildman–Crippen MR) is 110 cm³/mol. The molecule has 3 aromatic heterocycles. The van der Waals surface area contributed by atoms with E-state index in [0.29, 0.717) is 6.10 Å². The standard InChI is InChI=1S/C22H21N5O2/c1-14-19-13-25-27(21-23-10-5-11-24-21)22(28)26(19)15(2)20(14)16-6-3-9-18(12-16)29-17-7-4-8-17/h3,5-6,9-13,17H,4,7-8H2,1-2H3. The zero-order valence-electron chi connectivity index (χ0n) is 16.4. The molecule has 29 heavy (non-hydrogen) atoms. The Hall–Kier alpha value is -3.48. The van der Waals surface area contributed by atoms with E-state index in [-0.39, 0.29) is 11.6 Å². The number of ether oxygens (including phenoxy) is 1. The monoisotopic (exact) mass is 387 g/mol. The van der Waals surface area contributed by atoms with Crippen LogP contribution in [0.25, 0.3) is 22.6 Å². The molecular formula is C22H21N5O2. The first kappa shape index (κ1) is 17.6. The van der Waals surface area contributed by atoms with Gasteiger partial charge in [-0.15, -0.1) is 4.68 Å². The minimum absolute atomic E-state index is 0.252. The number of rotatable bonds is 4. The fraction of sp³-hybridized carbons (Fsp3) is 0.273. The summed E-state index contributed by atoms with van der Waals surface area (Å²) in [5, 5.41) is 4.29. The van der Waals surface area contributed by atoms with Crippen molar-refractivity contribution in [2.75, 3.05) is 0 Å². The lowest BCUT2D eigenvalue weighted by molar-refractivity contribution is 0.120. The number of nitrogens with zero attached hydrogens (tertiary/aromatic N) is 5. The number of aromatic nitrogens is 5. The van der Waals surface area contributed by atoms with Gasteiger partial charge in [0.1, 0.15) is 5.75 Å². The van der Waals surface area contributed by atoms with Gasteiger partial charge in [-0.25, -0.2) is 14.8 Å². The normalized spacial score (nSPS) is 14.1. The third kappa shape index (κ3) is 2.90. The highest BCUT2D eigenvalue weighted by molar-refractivity contribution is 5.79. The maximum absolute atomic E-state index is 13.2. The summed E-state index contributed by atoms with van der Waals surface area (Å²) in [5.41, 5.74) is 4.41. The first-order chi connectivity index (χ1) is 14.1. The van der Waals surface area contributed by atoms with Gasteiger partial charge in [0.05, 0.1) is 17.8 Å². The molecule has 1 aliphatic rings. The van der Waals surface area contributed by atoms with Crippen molar-refractivity contribution in [2.45, 2.75) is 39.2 Å². The molecule has 146 valence electrons. The molecule has 3 heterocycles. The van der Waals surface area contributed by atoms with Crippen LogP contribution in [0.4, 0.5) is 0 Å². The van der Waals surface area contributed by atoms with Crippen LogP contribution in [-0.4, -0.2) is 30.3 Å². The van der Waals surface area contributed by atoms with E-state index in [1.807, 2.05) is 26.0 Å². The van der Waals surface area contributed by atoms with Crippen molar-refractivity contribution < 1.29 is 4.74 Å². The number of fused-ring (bicyclic) bond motifs is 1. The zero-order valence-corrected chi connectivity index (χ0v) is 16.4. The zero-order chi connectivity index (χ0) is 20.0. The van der Waals surface area contributed by atoms with Gasteiger partial charge < -0.3 is 4.74 Å². The number of hydrogen-bond donors (Lipinski definition) is 0. The summed E-state index contributed by atoms with van der Waals surface area (Å²) < 4.78 is 8.96. The van der Waals surface area contributed by atoms with Crippen LogP contribution in [0.3, 0.4) is 0 Å². The topological polar surface area (TPSA) is 74.3 Å². The fourth-order valence-corrected chi connectivity index (χ4v) is 3.89. The molecule has 1 aliphatic carbocycles. The van der Waals surface area contributed by atoms with Crippen LogP contribution in [0.15, 0.2) is 53.7 Å². The highest BCUT2D eigenvalue weighted by Gasteiger charge is 2.21. The average molecular weight is 387 g/mol. The van der Waals surface area contributed by atoms with E-state index in [9.17, 15) is 4.79 Å². The van der Waals surface area contributed by atoms with Gasteiger partial charge in [-0.3, -0.25) is 4.40 Å². The molecule has 0 unspecified atom stereocenters. The Balaban J connectivity index is 1.65. The lowest BCUT2D eigenvalue weighted by Gasteiger charge is -2.26. The third-order valence-electron chi connectivity index (χ3n) is 5.58. The minimum Gasteiger partial charge on any atom is -0.490 e. The Bertz CT molecular complexity index is 1260. The first-order valence-corrected chi connectivity index (χ1v) is 9.78. The van der Waals surface area contributed by atoms with E-state index in [2.05, 4.69) is 27.2 Å². The Kier molecular flexibility index (Phi) is 4.16. The van der Waals surface area contributed by atoms with Gasteiger partial charge in [0.25, 0.3) is 5.95 Å². The molecule has 4 aromatic rings. The molecule has 1 fully saturated rings. The second-order valence-corrected chi connectivity index (χ2v) is 7.39. The number of aryl methyl sites for hydroxylation is 2. The van der Waals surface area contributed by atoms with E-state index in [0.717, 1.165) is 46.5 Å². The fourth-order valence-electron chi connectivity index (χ4n) is 3.89. The highest BCUT2D eigenvalue weighted by Crippen LogP contribution is 2.34. The average Bonchev–Trinajstić information content (AvgIpc) is 2.97. The van der Waals surface area contributed by atoms with Crippen LogP contribution < -0.4 is 10.4 Å². The molecular weight excluding hydrogens is 366 g/mol. The summed E-state index contributed by atoms with van der Waals surface area (Å²) in [6.07, 6.45) is 8.66. The molecule has 0 radical (unpaired) electrons. The molecule has 0 aliphatic heterocycles. The Morgan fingerprint density at radius 1 is 1.10 bits per heavy atom. The lowest BCUT2D eigenvalue weighted by Crippen LogP contribution is -2.29. The van der Waals surface area contributed by atoms with Gasteiger partial charge in [0, 0.05) is 23.7 Å². The molecule has 0 atom stereocenters. The summed E-state index contributed by atoms with van der Waals surface area (Å²) in [7, 11) is 0. The summed E-state index contributed by atoms with van der Waals surface area (Å²) in [6, 6.07) is 9.80. The summed E-state index contributed by atoms with van der Waals surface area (Å²) in [5.74, 6) is 1.12. The van der Waals surface area contributed by atoms with Crippen molar-refractivity contribution in [3.05, 3.63) is 70.7 Å². The molecule has 1 saturated carbocycles. The van der Waals surface area contributed by atoms with Gasteiger partial charge in [-0.1, -0.05) is 12.1 Å². The molecule has 0 spiro atoms. The Morgan fingerprint density at radius 3 is 2.62 bits per heavy atom. The largest absolute Gasteiger partial charge is 0.490 e. The molecule has 7 nitrogen and oxygen atoms in total. The maximum atomic E-state index is 13.2. The number of hydrogen-bond acceptors (Lipinski definition) is 5. The molecule has 0 bridgehead atoms. The van der Waals surface area contributed by atoms with Gasteiger partial charge in [-0.05, 0) is 62.4 Å². The van der Waals surface area contributed by atoms with Crippen molar-refractivity contribution in [3.63, 3.8) is 0 Å². The summed E-state index contributed by atoms with van der Waals surface area (Å²) >= 11 is 0. The quantitative estimate of drug-likeness (QED) is 0.536. The SMILES string of the molecule is Cc1c(-c2cccc(OC3CCC3)c2)c(C)n2c(=O)n(-c3ncccn3)ncc12. The van der Waals surface area contributed by atoms with E-state index >= 15 is 0 Å². The van der Waals surface area contributed by atoms with Crippen LogP contribution in [0.2, 0.25) is 0 Å². The molecule has 5 rings (SSSR count). The predicted octanol–water partition coefficient (Wildman–Crippen LogP) is 3.49. The molecule has 0 N–H and O–H groups in total. The maximum Gasteiger partial charge on any atom is 0.356 e. The second-order valence-electron chi connectivity index (χ2n) is 7.39. The van der Waals surface area contributed by atoms with Crippen LogP contribution in [0.1, 0.15) is 30.5 Å². The van der Waals surface area contributed by atoms with Crippen LogP contribution in [0, 0.1) is 13.8 Å². The smallest absolute Gasteiger partial charge is 0.356 e. The van der Waals surface area contributed by atoms with Gasteiger partial charge in [0.2, 0.25) is 0 Å². The van der Waals surface area contributed by atoms with E-state index < -0.39 is 0 Å². The Labute approximate surface area is 167 Å². The van der Waals surface area contributed by atoms with Crippen molar-refractivity contribution in [3.8, 4) is 22.8 Å². The number of benzene rings is 1. The van der Waals surface area contributed by atoms with Crippen LogP contribution >= 0.6 is 0 Å². The summed E-state index contributed by atoms with van der Waals surface area (Å²) in [6.45, 7) is 3.97. The molecule has 0 amide bonds. The van der Waals surface area contributed by atoms with Crippen LogP contribution in [-0.2, 0) is 0 Å². The van der Waals surface area contributed by atoms with Crippen molar-refractivity contribution in [1.29, 1.82) is 0 Å². The van der Waals surface area contributed by atoms with E-state index in [1.165, 1.54) is 11.1 Å². The summed E-state index contributed by atoms with van der Waals surface area (Å²) in [4.78, 5) is 21.5. The van der Waals surface area contributed by atoms with Crippen molar-refractivity contribution in [2.24, 2.45) is 0 Å². The first-order valence-electron chi connectivity index (χ1n) is 9.78. The highest BCUT2D eigenvalue weighted by atomic mass is 16.5. The third-order valence-corrected chi connectivity index (χ3v) is 5.58. The van der Waals surface area contributed by atoms with Crippen molar-refractivity contribution >= 4 is 5.52 Å². The van der Waals surface area contributed by atoms with Gasteiger partial charge in [-0.2, -0.15) is 5.10 Å². The van der Waals surface area contributed by atoms with E-state index in [1.54, 1.807) is 29.1 Å². The van der Waals surface area contributed by atoms with Crippen molar-refractivity contribution in [1.82, 2.24) is 24.1 Å². The molecule has 1 aromatic carbocycles. The molecule has 7 heteroatoms. The van der Waals surface area contributed by atoms with Gasteiger partial charge in [0.15, 0.2) is 0 Å². The van der Waals surface area contributed by atoms with E-state index in [4.69, 9.17) is 4.74 Å². The second kappa shape index (κ2) is 6.84. The minimum atomic E-state index is -0.289.